The number of nitrogens with one attached hydrogen (secondary N) is 1. The van der Waals surface area contributed by atoms with Crippen LogP contribution in [0.1, 0.15) is 23.7 Å². The van der Waals surface area contributed by atoms with Crippen molar-refractivity contribution >= 4 is 11.6 Å². The molecule has 0 spiro atoms. The van der Waals surface area contributed by atoms with Crippen LogP contribution in [0.3, 0.4) is 0 Å². The zero-order chi connectivity index (χ0) is 15.6. The van der Waals surface area contributed by atoms with Gasteiger partial charge in [-0.15, -0.1) is 0 Å². The molecule has 7 heteroatoms. The number of piperidine rings is 1. The molecule has 2 atom stereocenters. The van der Waals surface area contributed by atoms with Crippen molar-refractivity contribution < 1.29 is 14.8 Å². The summed E-state index contributed by atoms with van der Waals surface area (Å²) in [4.78, 5) is 24.8. The number of carbonyl (C=O) groups excluding carboxylic acids is 1. The number of aromatic hydroxyl groups is 1. The monoisotopic (exact) mass is 293 g/mol. The van der Waals surface area contributed by atoms with Crippen molar-refractivity contribution in [1.82, 2.24) is 10.2 Å². The number of phenols is 1. The standard InChI is InChI=1S/C14H19N3O4/c1-9-8-16(2)6-5-12(9)15-14(19)11-7-10(18)3-4-13(11)17(20)21/h3-4,7,9,12,18H,5-6,8H2,1-2H3,(H,15,19). The molecule has 1 fully saturated rings. The molecule has 0 aromatic heterocycles. The first-order valence-corrected chi connectivity index (χ1v) is 6.85. The number of phenolic OH excluding ortho intramolecular Hbond substituents is 1. The van der Waals surface area contributed by atoms with Crippen LogP contribution in [0.15, 0.2) is 18.2 Å². The fourth-order valence-corrected chi connectivity index (χ4v) is 2.68. The fraction of sp³-hybridized carbons (Fsp3) is 0.500. The molecule has 2 rings (SSSR count). The van der Waals surface area contributed by atoms with Gasteiger partial charge in [0.1, 0.15) is 11.3 Å². The van der Waals surface area contributed by atoms with Crippen LogP contribution >= 0.6 is 0 Å². The molecule has 2 N–H and O–H groups in total. The van der Waals surface area contributed by atoms with E-state index in [4.69, 9.17) is 0 Å². The van der Waals surface area contributed by atoms with Gasteiger partial charge in [-0.1, -0.05) is 6.92 Å². The minimum atomic E-state index is -0.619. The van der Waals surface area contributed by atoms with Crippen molar-refractivity contribution in [2.75, 3.05) is 20.1 Å². The molecule has 1 aromatic carbocycles. The van der Waals surface area contributed by atoms with Crippen LogP contribution in [-0.2, 0) is 0 Å². The van der Waals surface area contributed by atoms with Gasteiger partial charge >= 0.3 is 0 Å². The molecule has 0 bridgehead atoms. The Morgan fingerprint density at radius 3 is 2.86 bits per heavy atom. The number of nitro benzene ring substituents is 1. The number of hydrogen-bond donors (Lipinski definition) is 2. The van der Waals surface area contributed by atoms with E-state index in [1.807, 2.05) is 14.0 Å². The lowest BCUT2D eigenvalue weighted by molar-refractivity contribution is -0.385. The number of rotatable bonds is 3. The van der Waals surface area contributed by atoms with Crippen molar-refractivity contribution in [2.45, 2.75) is 19.4 Å². The second kappa shape index (κ2) is 6.09. The zero-order valence-corrected chi connectivity index (χ0v) is 12.1. The van der Waals surface area contributed by atoms with Gasteiger partial charge in [-0.3, -0.25) is 14.9 Å². The van der Waals surface area contributed by atoms with Crippen LogP contribution in [-0.4, -0.2) is 47.0 Å². The van der Waals surface area contributed by atoms with Gasteiger partial charge in [0.25, 0.3) is 11.6 Å². The maximum Gasteiger partial charge on any atom is 0.282 e. The topological polar surface area (TPSA) is 95.7 Å². The van der Waals surface area contributed by atoms with Crippen LogP contribution in [0.2, 0.25) is 0 Å². The second-order valence-electron chi connectivity index (χ2n) is 5.57. The summed E-state index contributed by atoms with van der Waals surface area (Å²) < 4.78 is 0. The molecule has 1 aromatic rings. The summed E-state index contributed by atoms with van der Waals surface area (Å²) in [6, 6.07) is 3.46. The predicted molar refractivity (Wildman–Crippen MR) is 77.3 cm³/mol. The molecular weight excluding hydrogens is 274 g/mol. The lowest BCUT2D eigenvalue weighted by Gasteiger charge is -2.35. The Kier molecular flexibility index (Phi) is 4.42. The van der Waals surface area contributed by atoms with Crippen molar-refractivity contribution in [1.29, 1.82) is 0 Å². The molecule has 0 radical (unpaired) electrons. The molecular formula is C14H19N3O4. The number of likely N-dealkylation sites (tertiary alicyclic amines) is 1. The minimum Gasteiger partial charge on any atom is -0.508 e. The van der Waals surface area contributed by atoms with Gasteiger partial charge in [-0.2, -0.15) is 0 Å². The zero-order valence-electron chi connectivity index (χ0n) is 12.1. The van der Waals surface area contributed by atoms with E-state index in [1.165, 1.54) is 6.07 Å². The minimum absolute atomic E-state index is 0.0179. The number of amides is 1. The first kappa shape index (κ1) is 15.2. The van der Waals surface area contributed by atoms with E-state index in [9.17, 15) is 20.0 Å². The molecule has 2 unspecified atom stereocenters. The highest BCUT2D eigenvalue weighted by molar-refractivity contribution is 5.98. The first-order chi connectivity index (χ1) is 9.88. The van der Waals surface area contributed by atoms with Gasteiger partial charge in [0, 0.05) is 18.7 Å². The molecule has 1 heterocycles. The number of nitrogens with zero attached hydrogens (tertiary/aromatic N) is 2. The summed E-state index contributed by atoms with van der Waals surface area (Å²) in [5, 5.41) is 23.3. The molecule has 1 aliphatic rings. The SMILES string of the molecule is CC1CN(C)CCC1NC(=O)c1cc(O)ccc1[N+](=O)[O-]. The number of nitro groups is 1. The quantitative estimate of drug-likeness (QED) is 0.648. The summed E-state index contributed by atoms with van der Waals surface area (Å²) in [6.07, 6.45) is 0.802. The van der Waals surface area contributed by atoms with E-state index >= 15 is 0 Å². The maximum atomic E-state index is 12.3. The van der Waals surface area contributed by atoms with Crippen LogP contribution < -0.4 is 5.32 Å². The van der Waals surface area contributed by atoms with E-state index < -0.39 is 10.8 Å². The maximum absolute atomic E-state index is 12.3. The summed E-state index contributed by atoms with van der Waals surface area (Å²) >= 11 is 0. The van der Waals surface area contributed by atoms with Gasteiger partial charge in [0.05, 0.1) is 4.92 Å². The summed E-state index contributed by atoms with van der Waals surface area (Å²) in [6.45, 7) is 3.78. The van der Waals surface area contributed by atoms with E-state index in [0.717, 1.165) is 31.6 Å². The number of carbonyl (C=O) groups is 1. The predicted octanol–water partition coefficient (Wildman–Crippen LogP) is 1.37. The van der Waals surface area contributed by atoms with Gasteiger partial charge < -0.3 is 15.3 Å². The highest BCUT2D eigenvalue weighted by atomic mass is 16.6. The molecule has 0 aliphatic carbocycles. The molecule has 114 valence electrons. The Labute approximate surface area is 122 Å². The highest BCUT2D eigenvalue weighted by Crippen LogP contribution is 2.24. The third-order valence-electron chi connectivity index (χ3n) is 3.85. The molecule has 1 saturated heterocycles. The summed E-state index contributed by atoms with van der Waals surface area (Å²) in [7, 11) is 2.02. The van der Waals surface area contributed by atoms with Gasteiger partial charge in [0.2, 0.25) is 0 Å². The third-order valence-corrected chi connectivity index (χ3v) is 3.85. The average molecular weight is 293 g/mol. The molecule has 7 nitrogen and oxygen atoms in total. The van der Waals surface area contributed by atoms with Crippen molar-refractivity contribution in [3.05, 3.63) is 33.9 Å². The van der Waals surface area contributed by atoms with Gasteiger partial charge in [-0.05, 0) is 38.1 Å². The van der Waals surface area contributed by atoms with Gasteiger partial charge in [-0.25, -0.2) is 0 Å². The Morgan fingerprint density at radius 2 is 2.24 bits per heavy atom. The lowest BCUT2D eigenvalue weighted by atomic mass is 9.94. The number of benzene rings is 1. The van der Waals surface area contributed by atoms with E-state index in [1.54, 1.807) is 0 Å². The van der Waals surface area contributed by atoms with E-state index in [2.05, 4.69) is 10.2 Å². The average Bonchev–Trinajstić information content (AvgIpc) is 2.41. The van der Waals surface area contributed by atoms with Crippen LogP contribution in [0.4, 0.5) is 5.69 Å². The van der Waals surface area contributed by atoms with Crippen molar-refractivity contribution in [3.8, 4) is 5.75 Å². The Morgan fingerprint density at radius 1 is 1.52 bits per heavy atom. The Hall–Kier alpha value is -2.15. The Bertz CT molecular complexity index is 561. The normalized spacial score (nSPS) is 22.8. The third kappa shape index (κ3) is 3.49. The van der Waals surface area contributed by atoms with Gasteiger partial charge in [0.15, 0.2) is 0 Å². The Balaban J connectivity index is 2.17. The van der Waals surface area contributed by atoms with Crippen LogP contribution in [0.5, 0.6) is 5.75 Å². The van der Waals surface area contributed by atoms with Crippen LogP contribution in [0.25, 0.3) is 0 Å². The number of hydrogen-bond acceptors (Lipinski definition) is 5. The second-order valence-corrected chi connectivity index (χ2v) is 5.57. The molecule has 21 heavy (non-hydrogen) atoms. The summed E-state index contributed by atoms with van der Waals surface area (Å²) in [5.74, 6) is -0.412. The van der Waals surface area contributed by atoms with E-state index in [0.29, 0.717) is 0 Å². The highest BCUT2D eigenvalue weighted by Gasteiger charge is 2.28. The molecule has 0 saturated carbocycles. The van der Waals surface area contributed by atoms with Crippen molar-refractivity contribution in [2.24, 2.45) is 5.92 Å². The van der Waals surface area contributed by atoms with E-state index in [-0.39, 0.29) is 29.0 Å². The first-order valence-electron chi connectivity index (χ1n) is 6.85. The molecule has 1 amide bonds. The van der Waals surface area contributed by atoms with Crippen molar-refractivity contribution in [3.63, 3.8) is 0 Å². The lowest BCUT2D eigenvalue weighted by Crippen LogP contribution is -2.48. The largest absolute Gasteiger partial charge is 0.508 e. The smallest absolute Gasteiger partial charge is 0.282 e. The fourth-order valence-electron chi connectivity index (χ4n) is 2.68. The summed E-state index contributed by atoms with van der Waals surface area (Å²) in [5.41, 5.74) is -0.406. The molecule has 1 aliphatic heterocycles. The van der Waals surface area contributed by atoms with Crippen LogP contribution in [0, 0.1) is 16.0 Å².